The van der Waals surface area contributed by atoms with E-state index >= 15 is 0 Å². The van der Waals surface area contributed by atoms with Crippen molar-refractivity contribution in [1.29, 1.82) is 0 Å². The Labute approximate surface area is 133 Å². The molecule has 0 N–H and O–H groups in total. The molecule has 120 valence electrons. The Bertz CT molecular complexity index is 354. The Kier molecular flexibility index (Phi) is 12.1. The van der Waals surface area contributed by atoms with Crippen LogP contribution in [0.15, 0.2) is 48.1 Å². The highest BCUT2D eigenvalue weighted by Crippen LogP contribution is 2.28. The van der Waals surface area contributed by atoms with E-state index in [4.69, 9.17) is 0 Å². The first-order valence-electron chi connectivity index (χ1n) is 8.72. The molecular weight excluding hydrogens is 252 g/mol. The predicted molar refractivity (Wildman–Crippen MR) is 98.6 cm³/mol. The molecule has 0 fully saturated rings. The van der Waals surface area contributed by atoms with E-state index in [1.807, 2.05) is 0 Å². The van der Waals surface area contributed by atoms with Gasteiger partial charge < -0.3 is 0 Å². The highest BCUT2D eigenvalue weighted by Gasteiger charge is 2.10. The van der Waals surface area contributed by atoms with Crippen LogP contribution in [0, 0.1) is 5.92 Å². The van der Waals surface area contributed by atoms with E-state index < -0.39 is 0 Å². The first-order chi connectivity index (χ1) is 10.1. The summed E-state index contributed by atoms with van der Waals surface area (Å²) in [6.07, 6.45) is 16.2. The molecular formula is C21H36. The largest absolute Gasteiger partial charge is 0.103 e. The molecule has 0 rings (SSSR count). The lowest BCUT2D eigenvalue weighted by Gasteiger charge is -2.18. The fraction of sp³-hybridized carbons (Fsp3) is 0.619. The van der Waals surface area contributed by atoms with E-state index in [2.05, 4.69) is 59.1 Å². The zero-order valence-corrected chi connectivity index (χ0v) is 14.9. The Hall–Kier alpha value is -1.04. The van der Waals surface area contributed by atoms with E-state index in [0.29, 0.717) is 0 Å². The monoisotopic (exact) mass is 288 g/mol. The lowest BCUT2D eigenvalue weighted by molar-refractivity contribution is 0.419. The maximum Gasteiger partial charge on any atom is -0.0276 e. The Balaban J connectivity index is 4.66. The van der Waals surface area contributed by atoms with Crippen LogP contribution >= 0.6 is 0 Å². The normalized spacial score (nSPS) is 14.1. The van der Waals surface area contributed by atoms with Gasteiger partial charge in [-0.3, -0.25) is 0 Å². The summed E-state index contributed by atoms with van der Waals surface area (Å²) in [4.78, 5) is 0. The molecule has 0 heteroatoms. The van der Waals surface area contributed by atoms with Crippen molar-refractivity contribution in [2.45, 2.75) is 79.1 Å². The van der Waals surface area contributed by atoms with Crippen molar-refractivity contribution in [2.24, 2.45) is 5.92 Å². The lowest BCUT2D eigenvalue weighted by Crippen LogP contribution is -2.02. The van der Waals surface area contributed by atoms with Crippen LogP contribution in [0.1, 0.15) is 79.1 Å². The lowest BCUT2D eigenvalue weighted by atomic mass is 9.88. The fourth-order valence-corrected chi connectivity index (χ4v) is 2.98. The van der Waals surface area contributed by atoms with Crippen LogP contribution in [-0.2, 0) is 0 Å². The summed E-state index contributed by atoms with van der Waals surface area (Å²) in [6.45, 7) is 17.1. The third-order valence-corrected chi connectivity index (χ3v) is 4.15. The molecule has 0 saturated carbocycles. The van der Waals surface area contributed by atoms with Crippen LogP contribution in [-0.4, -0.2) is 0 Å². The number of hydrogen-bond donors (Lipinski definition) is 0. The average molecular weight is 289 g/mol. The van der Waals surface area contributed by atoms with Gasteiger partial charge in [-0.1, -0.05) is 63.5 Å². The summed E-state index contributed by atoms with van der Waals surface area (Å²) in [5.41, 5.74) is 4.23. The van der Waals surface area contributed by atoms with Gasteiger partial charge in [0.05, 0.1) is 0 Å². The van der Waals surface area contributed by atoms with Crippen molar-refractivity contribution in [2.75, 3.05) is 0 Å². The quantitative estimate of drug-likeness (QED) is 0.259. The van der Waals surface area contributed by atoms with Gasteiger partial charge in [0.2, 0.25) is 0 Å². The van der Waals surface area contributed by atoms with Crippen LogP contribution in [0.2, 0.25) is 0 Å². The topological polar surface area (TPSA) is 0 Å². The minimum absolute atomic E-state index is 0.828. The fourth-order valence-electron chi connectivity index (χ4n) is 2.98. The van der Waals surface area contributed by atoms with Crippen molar-refractivity contribution in [3.8, 4) is 0 Å². The van der Waals surface area contributed by atoms with Gasteiger partial charge in [0.15, 0.2) is 0 Å². The Morgan fingerprint density at radius 2 is 1.76 bits per heavy atom. The predicted octanol–water partition coefficient (Wildman–Crippen LogP) is 7.40. The summed E-state index contributed by atoms with van der Waals surface area (Å²) in [7, 11) is 0. The van der Waals surface area contributed by atoms with E-state index in [1.165, 1.54) is 48.8 Å². The highest BCUT2D eigenvalue weighted by atomic mass is 14.2. The molecule has 0 spiro atoms. The zero-order valence-electron chi connectivity index (χ0n) is 14.9. The highest BCUT2D eigenvalue weighted by molar-refractivity contribution is 5.37. The van der Waals surface area contributed by atoms with Gasteiger partial charge >= 0.3 is 0 Å². The van der Waals surface area contributed by atoms with Crippen molar-refractivity contribution >= 4 is 0 Å². The molecule has 0 bridgehead atoms. The van der Waals surface area contributed by atoms with Crippen molar-refractivity contribution in [1.82, 2.24) is 0 Å². The molecule has 0 aromatic rings. The molecule has 0 heterocycles. The molecule has 0 aliphatic carbocycles. The third-order valence-electron chi connectivity index (χ3n) is 4.15. The van der Waals surface area contributed by atoms with Crippen LogP contribution in [0.3, 0.4) is 0 Å². The van der Waals surface area contributed by atoms with Gasteiger partial charge in [0.25, 0.3) is 0 Å². The number of allylic oxidation sites excluding steroid dienone is 6. The van der Waals surface area contributed by atoms with Gasteiger partial charge in [-0.2, -0.15) is 0 Å². The summed E-state index contributed by atoms with van der Waals surface area (Å²) in [5, 5.41) is 0. The van der Waals surface area contributed by atoms with E-state index in [-0.39, 0.29) is 0 Å². The van der Waals surface area contributed by atoms with Crippen LogP contribution in [0.5, 0.6) is 0 Å². The second-order valence-corrected chi connectivity index (χ2v) is 6.07. The number of rotatable bonds is 12. The van der Waals surface area contributed by atoms with Crippen molar-refractivity contribution in [3.05, 3.63) is 48.1 Å². The molecule has 0 aromatic carbocycles. The van der Waals surface area contributed by atoms with Gasteiger partial charge in [-0.05, 0) is 63.0 Å². The zero-order chi connectivity index (χ0) is 16.1. The van der Waals surface area contributed by atoms with E-state index in [9.17, 15) is 0 Å². The summed E-state index contributed by atoms with van der Waals surface area (Å²) >= 11 is 0. The molecule has 0 nitrogen and oxygen atoms in total. The molecule has 21 heavy (non-hydrogen) atoms. The molecule has 0 aliphatic rings. The minimum Gasteiger partial charge on any atom is -0.103 e. The molecule has 0 radical (unpaired) electrons. The average Bonchev–Trinajstić information content (AvgIpc) is 2.47. The maximum atomic E-state index is 4.38. The summed E-state index contributed by atoms with van der Waals surface area (Å²) in [5.74, 6) is 0.828. The van der Waals surface area contributed by atoms with Gasteiger partial charge in [0.1, 0.15) is 0 Å². The smallest absolute Gasteiger partial charge is 0.0276 e. The number of hydrogen-bond acceptors (Lipinski definition) is 0. The van der Waals surface area contributed by atoms with E-state index in [1.54, 1.807) is 0 Å². The molecule has 0 aromatic heterocycles. The molecule has 0 amide bonds. The molecule has 0 saturated heterocycles. The van der Waals surface area contributed by atoms with Gasteiger partial charge in [0, 0.05) is 0 Å². The molecule has 1 atom stereocenters. The van der Waals surface area contributed by atoms with Crippen LogP contribution < -0.4 is 0 Å². The van der Waals surface area contributed by atoms with Crippen molar-refractivity contribution < 1.29 is 0 Å². The summed E-state index contributed by atoms with van der Waals surface area (Å²) in [6, 6.07) is 0. The molecule has 0 aliphatic heterocycles. The molecule has 1 unspecified atom stereocenters. The summed E-state index contributed by atoms with van der Waals surface area (Å²) < 4.78 is 0. The first kappa shape index (κ1) is 20.0. The van der Waals surface area contributed by atoms with E-state index in [0.717, 1.165) is 25.2 Å². The maximum absolute atomic E-state index is 4.38. The second kappa shape index (κ2) is 12.7. The second-order valence-electron chi connectivity index (χ2n) is 6.07. The Morgan fingerprint density at radius 3 is 2.29 bits per heavy atom. The minimum atomic E-state index is 0.828. The standard InChI is InChI=1S/C21H36/c1-7-11-15-20(13-9-3)17-16-19(6)21(14-10-4)18(5)12-8-2/h7-8,12,20H,1,6,9-11,13-17H2,2-5H3/b12-8-,21-18-. The first-order valence-corrected chi connectivity index (χ1v) is 8.72. The SMILES string of the molecule is C=CCCC(CCC)CCC(=C)/C(CCC)=C(C)\C=C/C. The van der Waals surface area contributed by atoms with Crippen LogP contribution in [0.4, 0.5) is 0 Å². The van der Waals surface area contributed by atoms with Crippen LogP contribution in [0.25, 0.3) is 0 Å². The van der Waals surface area contributed by atoms with Gasteiger partial charge in [-0.15, -0.1) is 6.58 Å². The third kappa shape index (κ3) is 8.75. The van der Waals surface area contributed by atoms with Gasteiger partial charge in [-0.25, -0.2) is 0 Å². The van der Waals surface area contributed by atoms with Crippen molar-refractivity contribution in [3.63, 3.8) is 0 Å². The Morgan fingerprint density at radius 1 is 1.05 bits per heavy atom.